The molecule has 7 heteroatoms. The fraction of sp³-hybridized carbons (Fsp3) is 0.200. The fourth-order valence-corrected chi connectivity index (χ4v) is 3.42. The van der Waals surface area contributed by atoms with Crippen LogP contribution in [-0.4, -0.2) is 24.7 Å². The van der Waals surface area contributed by atoms with Crippen LogP contribution in [0, 0.1) is 5.92 Å². The van der Waals surface area contributed by atoms with Gasteiger partial charge >= 0.3 is 0 Å². The van der Waals surface area contributed by atoms with E-state index in [1.807, 2.05) is 22.9 Å². The highest BCUT2D eigenvalue weighted by Crippen LogP contribution is 2.28. The molecule has 0 saturated carbocycles. The molecular weight excluding hydrogens is 362 g/mol. The van der Waals surface area contributed by atoms with Crippen LogP contribution >= 0.6 is 11.6 Å². The molecular formula is C20H18ClN5O. The van der Waals surface area contributed by atoms with Crippen molar-refractivity contribution in [3.63, 3.8) is 0 Å². The van der Waals surface area contributed by atoms with Gasteiger partial charge in [-0.2, -0.15) is 5.10 Å². The van der Waals surface area contributed by atoms with Gasteiger partial charge in [0.25, 0.3) is 5.56 Å². The zero-order valence-corrected chi connectivity index (χ0v) is 15.7. The summed E-state index contributed by atoms with van der Waals surface area (Å²) in [6, 6.07) is 13.0. The van der Waals surface area contributed by atoms with E-state index in [4.69, 9.17) is 11.6 Å². The van der Waals surface area contributed by atoms with Gasteiger partial charge in [0.2, 0.25) is 0 Å². The molecule has 1 N–H and O–H groups in total. The van der Waals surface area contributed by atoms with Crippen LogP contribution in [0.3, 0.4) is 0 Å². The number of aromatic amines is 1. The number of H-pyrrole nitrogens is 1. The first-order valence-electron chi connectivity index (χ1n) is 8.67. The maximum Gasteiger partial charge on any atom is 0.274 e. The summed E-state index contributed by atoms with van der Waals surface area (Å²) in [5, 5.41) is 4.91. The van der Waals surface area contributed by atoms with Gasteiger partial charge in [-0.1, -0.05) is 43.6 Å². The molecule has 1 atom stereocenters. The molecule has 4 rings (SSSR count). The van der Waals surface area contributed by atoms with E-state index < -0.39 is 0 Å². The van der Waals surface area contributed by atoms with Crippen molar-refractivity contribution in [1.29, 1.82) is 0 Å². The van der Waals surface area contributed by atoms with Crippen LogP contribution in [0.5, 0.6) is 0 Å². The average Bonchev–Trinajstić information content (AvgIpc) is 3.16. The maximum absolute atomic E-state index is 12.5. The van der Waals surface area contributed by atoms with Gasteiger partial charge in [0.15, 0.2) is 0 Å². The Kier molecular flexibility index (Phi) is 4.49. The summed E-state index contributed by atoms with van der Waals surface area (Å²) in [5.41, 5.74) is 3.35. The Morgan fingerprint density at radius 1 is 1.11 bits per heavy atom. The number of nitrogens with one attached hydrogen (secondary N) is 1. The highest BCUT2D eigenvalue weighted by molar-refractivity contribution is 6.30. The van der Waals surface area contributed by atoms with Gasteiger partial charge in [0.1, 0.15) is 18.3 Å². The highest BCUT2D eigenvalue weighted by Gasteiger charge is 2.19. The Morgan fingerprint density at radius 2 is 1.89 bits per heavy atom. The number of halogens is 1. The minimum atomic E-state index is -0.228. The van der Waals surface area contributed by atoms with Crippen LogP contribution in [-0.2, 0) is 0 Å². The van der Waals surface area contributed by atoms with Crippen molar-refractivity contribution in [2.45, 2.75) is 19.9 Å². The van der Waals surface area contributed by atoms with Gasteiger partial charge in [-0.25, -0.2) is 14.6 Å². The molecule has 0 aliphatic carbocycles. The van der Waals surface area contributed by atoms with Crippen molar-refractivity contribution in [3.05, 3.63) is 76.1 Å². The Labute approximate surface area is 160 Å². The van der Waals surface area contributed by atoms with Crippen LogP contribution in [0.15, 0.2) is 59.9 Å². The summed E-state index contributed by atoms with van der Waals surface area (Å²) >= 11 is 5.95. The number of fused-ring (bicyclic) bond motifs is 1. The van der Waals surface area contributed by atoms with E-state index in [0.717, 1.165) is 16.6 Å². The second-order valence-electron chi connectivity index (χ2n) is 6.76. The van der Waals surface area contributed by atoms with Crippen molar-refractivity contribution >= 4 is 22.6 Å². The van der Waals surface area contributed by atoms with E-state index in [2.05, 4.69) is 33.9 Å². The topological polar surface area (TPSA) is 76.5 Å². The number of rotatable bonds is 4. The van der Waals surface area contributed by atoms with Gasteiger partial charge in [-0.15, -0.1) is 0 Å². The largest absolute Gasteiger partial charge is 0.319 e. The van der Waals surface area contributed by atoms with E-state index in [1.165, 1.54) is 6.33 Å². The van der Waals surface area contributed by atoms with Crippen LogP contribution in [0.4, 0.5) is 0 Å². The van der Waals surface area contributed by atoms with E-state index >= 15 is 0 Å². The molecule has 0 bridgehead atoms. The van der Waals surface area contributed by atoms with Crippen molar-refractivity contribution in [1.82, 2.24) is 24.7 Å². The molecule has 2 heterocycles. The molecule has 0 saturated heterocycles. The summed E-state index contributed by atoms with van der Waals surface area (Å²) in [4.78, 5) is 24.1. The van der Waals surface area contributed by atoms with Crippen LogP contribution in [0.25, 0.3) is 22.3 Å². The van der Waals surface area contributed by atoms with E-state index in [9.17, 15) is 4.79 Å². The lowest BCUT2D eigenvalue weighted by Crippen LogP contribution is -2.18. The van der Waals surface area contributed by atoms with Crippen molar-refractivity contribution in [2.75, 3.05) is 0 Å². The van der Waals surface area contributed by atoms with Crippen molar-refractivity contribution < 1.29 is 0 Å². The average molecular weight is 380 g/mol. The molecule has 6 nitrogen and oxygen atoms in total. The Morgan fingerprint density at radius 3 is 2.56 bits per heavy atom. The minimum Gasteiger partial charge on any atom is -0.319 e. The predicted molar refractivity (Wildman–Crippen MR) is 106 cm³/mol. The third kappa shape index (κ3) is 3.36. The molecule has 27 heavy (non-hydrogen) atoms. The first-order valence-corrected chi connectivity index (χ1v) is 9.05. The predicted octanol–water partition coefficient (Wildman–Crippen LogP) is 4.08. The monoisotopic (exact) mass is 379 g/mol. The number of hydrogen-bond acceptors (Lipinski definition) is 4. The normalized spacial score (nSPS) is 12.6. The Bertz CT molecular complexity index is 1130. The Hall–Kier alpha value is -2.99. The molecule has 0 amide bonds. The number of benzene rings is 2. The lowest BCUT2D eigenvalue weighted by Gasteiger charge is -2.21. The van der Waals surface area contributed by atoms with Gasteiger partial charge in [0.05, 0.1) is 17.1 Å². The summed E-state index contributed by atoms with van der Waals surface area (Å²) in [7, 11) is 0. The summed E-state index contributed by atoms with van der Waals surface area (Å²) in [5.74, 6) is 0.308. The second kappa shape index (κ2) is 6.96. The molecule has 0 aliphatic heterocycles. The molecule has 0 aliphatic rings. The third-order valence-electron chi connectivity index (χ3n) is 4.53. The first-order chi connectivity index (χ1) is 13.0. The summed E-state index contributed by atoms with van der Waals surface area (Å²) in [6.45, 7) is 4.27. The molecule has 4 aromatic rings. The Balaban J connectivity index is 1.85. The third-order valence-corrected chi connectivity index (χ3v) is 4.78. The van der Waals surface area contributed by atoms with Crippen LogP contribution < -0.4 is 5.56 Å². The van der Waals surface area contributed by atoms with Crippen molar-refractivity contribution in [3.8, 4) is 11.3 Å². The smallest absolute Gasteiger partial charge is 0.274 e. The minimum absolute atomic E-state index is 0.0320. The van der Waals surface area contributed by atoms with Gasteiger partial charge in [-0.05, 0) is 35.7 Å². The lowest BCUT2D eigenvalue weighted by molar-refractivity contribution is 0.402. The zero-order valence-electron chi connectivity index (χ0n) is 14.9. The molecule has 0 spiro atoms. The highest BCUT2D eigenvalue weighted by atomic mass is 35.5. The van der Waals surface area contributed by atoms with Crippen LogP contribution in [0.2, 0.25) is 5.02 Å². The standard InChI is InChI=1S/C20H18ClN5O/c1-12(2)19(26-11-22-10-23-26)14-5-8-16-17(9-14)24-18(20(27)25-16)13-3-6-15(21)7-4-13/h3-12,19H,1-2H3,(H,25,27). The van der Waals surface area contributed by atoms with Crippen molar-refractivity contribution in [2.24, 2.45) is 5.92 Å². The molecule has 2 aromatic carbocycles. The zero-order chi connectivity index (χ0) is 19.0. The molecule has 136 valence electrons. The molecule has 2 aromatic heterocycles. The van der Waals surface area contributed by atoms with E-state index in [1.54, 1.807) is 30.6 Å². The summed E-state index contributed by atoms with van der Waals surface area (Å²) in [6.07, 6.45) is 3.25. The van der Waals surface area contributed by atoms with Gasteiger partial charge < -0.3 is 4.98 Å². The quantitative estimate of drug-likeness (QED) is 0.579. The molecule has 1 unspecified atom stereocenters. The molecule has 0 fully saturated rings. The van der Waals surface area contributed by atoms with Gasteiger partial charge in [0, 0.05) is 10.6 Å². The van der Waals surface area contributed by atoms with E-state index in [0.29, 0.717) is 22.2 Å². The molecule has 0 radical (unpaired) electrons. The number of hydrogen-bond donors (Lipinski definition) is 1. The second-order valence-corrected chi connectivity index (χ2v) is 7.20. The lowest BCUT2D eigenvalue weighted by atomic mass is 9.96. The SMILES string of the molecule is CC(C)C(c1ccc2[nH]c(=O)c(-c3ccc(Cl)cc3)nc2c1)n1cncn1. The van der Waals surface area contributed by atoms with Crippen LogP contribution in [0.1, 0.15) is 25.5 Å². The fourth-order valence-electron chi connectivity index (χ4n) is 3.29. The maximum atomic E-state index is 12.5. The number of nitrogens with zero attached hydrogens (tertiary/aromatic N) is 4. The number of aromatic nitrogens is 5. The van der Waals surface area contributed by atoms with E-state index in [-0.39, 0.29) is 11.6 Å². The first kappa shape index (κ1) is 17.4. The summed E-state index contributed by atoms with van der Waals surface area (Å²) < 4.78 is 1.84. The van der Waals surface area contributed by atoms with Gasteiger partial charge in [-0.3, -0.25) is 4.79 Å².